The van der Waals surface area contributed by atoms with Crippen LogP contribution < -0.4 is 0 Å². The van der Waals surface area contributed by atoms with Crippen LogP contribution in [0.4, 0.5) is 5.69 Å². The standard InChI is InChI=1S/C21H17NS/c1-3-9-16(10-4-1)15-20-21(17-11-5-2-6-12-17)22-18-13-7-8-14-19(18)23-20/h1-14,20H,15H2. The van der Waals surface area contributed by atoms with E-state index >= 15 is 0 Å². The van der Waals surface area contributed by atoms with E-state index in [1.54, 1.807) is 0 Å². The molecule has 1 aliphatic rings. The Morgan fingerprint density at radius 2 is 1.39 bits per heavy atom. The summed E-state index contributed by atoms with van der Waals surface area (Å²) in [4.78, 5) is 6.26. The molecule has 112 valence electrons. The predicted molar refractivity (Wildman–Crippen MR) is 98.9 cm³/mol. The van der Waals surface area contributed by atoms with Gasteiger partial charge in [-0.05, 0) is 29.7 Å². The van der Waals surface area contributed by atoms with Gasteiger partial charge in [-0.2, -0.15) is 0 Å². The minimum Gasteiger partial charge on any atom is -0.250 e. The highest BCUT2D eigenvalue weighted by Crippen LogP contribution is 2.40. The summed E-state index contributed by atoms with van der Waals surface area (Å²) in [5.74, 6) is 0. The molecular weight excluding hydrogens is 298 g/mol. The molecule has 1 nitrogen and oxygen atoms in total. The van der Waals surface area contributed by atoms with Crippen molar-refractivity contribution in [1.29, 1.82) is 0 Å². The molecule has 0 spiro atoms. The molecule has 1 atom stereocenters. The largest absolute Gasteiger partial charge is 0.250 e. The fourth-order valence-corrected chi connectivity index (χ4v) is 4.16. The highest BCUT2D eigenvalue weighted by molar-refractivity contribution is 8.01. The minimum absolute atomic E-state index is 0.342. The lowest BCUT2D eigenvalue weighted by Gasteiger charge is -2.25. The number of thioether (sulfide) groups is 1. The summed E-state index contributed by atoms with van der Waals surface area (Å²) in [5, 5.41) is 0.342. The van der Waals surface area contributed by atoms with Crippen molar-refractivity contribution in [3.8, 4) is 0 Å². The minimum atomic E-state index is 0.342. The molecule has 1 unspecified atom stereocenters. The topological polar surface area (TPSA) is 12.4 Å². The van der Waals surface area contributed by atoms with Gasteiger partial charge in [0.05, 0.1) is 16.6 Å². The average Bonchev–Trinajstić information content (AvgIpc) is 2.63. The lowest BCUT2D eigenvalue weighted by molar-refractivity contribution is 1.04. The van der Waals surface area contributed by atoms with E-state index in [4.69, 9.17) is 4.99 Å². The van der Waals surface area contributed by atoms with Gasteiger partial charge in [-0.15, -0.1) is 11.8 Å². The molecule has 0 radical (unpaired) electrons. The Morgan fingerprint density at radius 3 is 2.17 bits per heavy atom. The Labute approximate surface area is 141 Å². The number of rotatable bonds is 3. The quantitative estimate of drug-likeness (QED) is 0.619. The van der Waals surface area contributed by atoms with Gasteiger partial charge >= 0.3 is 0 Å². The molecule has 0 bridgehead atoms. The van der Waals surface area contributed by atoms with Crippen molar-refractivity contribution in [3.05, 3.63) is 96.1 Å². The van der Waals surface area contributed by atoms with E-state index in [1.807, 2.05) is 11.8 Å². The molecule has 4 rings (SSSR count). The lowest BCUT2D eigenvalue weighted by atomic mass is 10.0. The Hall–Kier alpha value is -2.32. The highest BCUT2D eigenvalue weighted by atomic mass is 32.2. The van der Waals surface area contributed by atoms with Gasteiger partial charge in [0, 0.05) is 4.90 Å². The van der Waals surface area contributed by atoms with Crippen LogP contribution >= 0.6 is 11.8 Å². The molecule has 0 fully saturated rings. The SMILES string of the molecule is c1ccc(CC2Sc3ccccc3N=C2c2ccccc2)cc1. The fraction of sp³-hybridized carbons (Fsp3) is 0.0952. The summed E-state index contributed by atoms with van der Waals surface area (Å²) in [5.41, 5.74) is 4.84. The van der Waals surface area contributed by atoms with Crippen molar-refractivity contribution in [1.82, 2.24) is 0 Å². The molecule has 23 heavy (non-hydrogen) atoms. The van der Waals surface area contributed by atoms with E-state index in [-0.39, 0.29) is 0 Å². The van der Waals surface area contributed by atoms with Crippen LogP contribution in [0.25, 0.3) is 0 Å². The average molecular weight is 315 g/mol. The maximum absolute atomic E-state index is 4.99. The van der Waals surface area contributed by atoms with Crippen molar-refractivity contribution >= 4 is 23.2 Å². The molecule has 0 saturated carbocycles. The van der Waals surface area contributed by atoms with Gasteiger partial charge in [0.15, 0.2) is 0 Å². The molecule has 3 aromatic rings. The molecule has 0 aromatic heterocycles. The lowest BCUT2D eigenvalue weighted by Crippen LogP contribution is -2.23. The second-order valence-corrected chi connectivity index (χ2v) is 6.87. The number of hydrogen-bond acceptors (Lipinski definition) is 2. The van der Waals surface area contributed by atoms with E-state index in [9.17, 15) is 0 Å². The van der Waals surface area contributed by atoms with Crippen LogP contribution in [0.3, 0.4) is 0 Å². The second-order valence-electron chi connectivity index (χ2n) is 5.63. The summed E-state index contributed by atoms with van der Waals surface area (Å²) in [6.07, 6.45) is 0.994. The van der Waals surface area contributed by atoms with E-state index < -0.39 is 0 Å². The molecule has 0 aliphatic carbocycles. The van der Waals surface area contributed by atoms with Crippen LogP contribution in [0.1, 0.15) is 11.1 Å². The second kappa shape index (κ2) is 6.43. The van der Waals surface area contributed by atoms with E-state index in [2.05, 4.69) is 84.9 Å². The number of para-hydroxylation sites is 1. The number of benzene rings is 3. The Bertz CT molecular complexity index is 825. The third kappa shape index (κ3) is 3.08. The third-order valence-corrected chi connectivity index (χ3v) is 5.29. The zero-order valence-electron chi connectivity index (χ0n) is 12.7. The van der Waals surface area contributed by atoms with Gasteiger partial charge in [-0.3, -0.25) is 4.99 Å². The Morgan fingerprint density at radius 1 is 0.739 bits per heavy atom. The van der Waals surface area contributed by atoms with Crippen molar-refractivity contribution in [2.75, 3.05) is 0 Å². The number of hydrogen-bond donors (Lipinski definition) is 0. The van der Waals surface area contributed by atoms with Crippen LogP contribution in [0, 0.1) is 0 Å². The Balaban J connectivity index is 1.75. The van der Waals surface area contributed by atoms with Crippen LogP contribution in [0.5, 0.6) is 0 Å². The van der Waals surface area contributed by atoms with E-state index in [0.717, 1.165) is 12.1 Å². The fourth-order valence-electron chi connectivity index (χ4n) is 2.89. The number of fused-ring (bicyclic) bond motifs is 1. The molecule has 1 aliphatic heterocycles. The van der Waals surface area contributed by atoms with Gasteiger partial charge in [0.1, 0.15) is 0 Å². The molecule has 0 amide bonds. The number of aliphatic imine (C=N–C) groups is 1. The molecule has 0 N–H and O–H groups in total. The third-order valence-electron chi connectivity index (χ3n) is 4.01. The van der Waals surface area contributed by atoms with Gasteiger partial charge in [-0.25, -0.2) is 0 Å². The first-order valence-electron chi connectivity index (χ1n) is 7.84. The van der Waals surface area contributed by atoms with Crippen LogP contribution in [0.2, 0.25) is 0 Å². The predicted octanol–water partition coefficient (Wildman–Crippen LogP) is 5.52. The maximum atomic E-state index is 4.99. The first-order chi connectivity index (χ1) is 11.4. The van der Waals surface area contributed by atoms with E-state index in [1.165, 1.54) is 21.7 Å². The van der Waals surface area contributed by atoms with Gasteiger partial charge in [-0.1, -0.05) is 72.8 Å². The van der Waals surface area contributed by atoms with E-state index in [0.29, 0.717) is 5.25 Å². The molecule has 3 aromatic carbocycles. The van der Waals surface area contributed by atoms with Crippen molar-refractivity contribution in [2.24, 2.45) is 4.99 Å². The van der Waals surface area contributed by atoms with Crippen LogP contribution in [-0.4, -0.2) is 11.0 Å². The van der Waals surface area contributed by atoms with Gasteiger partial charge in [0.2, 0.25) is 0 Å². The first-order valence-corrected chi connectivity index (χ1v) is 8.72. The van der Waals surface area contributed by atoms with Crippen molar-refractivity contribution in [3.63, 3.8) is 0 Å². The van der Waals surface area contributed by atoms with Crippen LogP contribution in [0.15, 0.2) is 94.8 Å². The molecular formula is C21H17NS. The smallest absolute Gasteiger partial charge is 0.0769 e. The summed E-state index contributed by atoms with van der Waals surface area (Å²) in [6, 6.07) is 29.6. The number of nitrogens with zero attached hydrogens (tertiary/aromatic N) is 1. The summed E-state index contributed by atoms with van der Waals surface area (Å²) in [6.45, 7) is 0. The molecule has 0 saturated heterocycles. The monoisotopic (exact) mass is 315 g/mol. The summed E-state index contributed by atoms with van der Waals surface area (Å²) < 4.78 is 0. The Kier molecular flexibility index (Phi) is 3.99. The summed E-state index contributed by atoms with van der Waals surface area (Å²) >= 11 is 1.92. The zero-order valence-corrected chi connectivity index (χ0v) is 13.5. The summed E-state index contributed by atoms with van der Waals surface area (Å²) in [7, 11) is 0. The highest BCUT2D eigenvalue weighted by Gasteiger charge is 2.25. The zero-order chi connectivity index (χ0) is 15.5. The van der Waals surface area contributed by atoms with Gasteiger partial charge < -0.3 is 0 Å². The van der Waals surface area contributed by atoms with Gasteiger partial charge in [0.25, 0.3) is 0 Å². The van der Waals surface area contributed by atoms with Crippen molar-refractivity contribution in [2.45, 2.75) is 16.6 Å². The first kappa shape index (κ1) is 14.3. The van der Waals surface area contributed by atoms with Crippen LogP contribution in [-0.2, 0) is 6.42 Å². The molecule has 2 heteroatoms. The van der Waals surface area contributed by atoms with Crippen molar-refractivity contribution < 1.29 is 0 Å². The molecule has 1 heterocycles. The maximum Gasteiger partial charge on any atom is 0.0769 e. The normalized spacial score (nSPS) is 16.5.